The van der Waals surface area contributed by atoms with Gasteiger partial charge in [0, 0.05) is 19.3 Å². The van der Waals surface area contributed by atoms with Gasteiger partial charge in [-0.2, -0.15) is 0 Å². The van der Waals surface area contributed by atoms with Crippen LogP contribution in [0.15, 0.2) is 29.3 Å². The van der Waals surface area contributed by atoms with Crippen molar-refractivity contribution in [3.63, 3.8) is 0 Å². The number of methoxy groups -OCH3 is 1. The highest BCUT2D eigenvalue weighted by Crippen LogP contribution is 2.27. The monoisotopic (exact) mass is 411 g/mol. The molecule has 1 aliphatic carbocycles. The number of nitrogens with zero attached hydrogens (tertiary/aromatic N) is 2. The standard InChI is InChI=1S/C20H29N3O2S.ClH/c1-23-18(14-26-20(23)22-16-7-5-3-4-6-8-16)19(24)21-13-15-9-11-17(25-2)12-10-15;/h9-12,16,18H,3-8,13-14H2,1-2H3,(H,21,24);1H. The van der Waals surface area contributed by atoms with Crippen LogP contribution in [0.4, 0.5) is 0 Å². The SMILES string of the molecule is COc1ccc(CNC(=O)C2CSC(=NC3CCCCCC3)N2C)cc1.Cl. The molecular weight excluding hydrogens is 382 g/mol. The average Bonchev–Trinajstić information content (AvgIpc) is 2.86. The Morgan fingerprint density at radius 2 is 1.89 bits per heavy atom. The molecule has 1 saturated heterocycles. The number of benzene rings is 1. The maximum absolute atomic E-state index is 12.6. The second kappa shape index (κ2) is 10.8. The molecule has 1 saturated carbocycles. The molecule has 5 nitrogen and oxygen atoms in total. The molecule has 1 aliphatic heterocycles. The van der Waals surface area contributed by atoms with Gasteiger partial charge in [0.2, 0.25) is 5.91 Å². The molecule has 0 aromatic heterocycles. The molecule has 1 amide bonds. The summed E-state index contributed by atoms with van der Waals surface area (Å²) in [6, 6.07) is 8.08. The highest BCUT2D eigenvalue weighted by atomic mass is 35.5. The fourth-order valence-electron chi connectivity index (χ4n) is 3.47. The lowest BCUT2D eigenvalue weighted by Crippen LogP contribution is -2.44. The van der Waals surface area contributed by atoms with Crippen LogP contribution in [0.2, 0.25) is 0 Å². The number of nitrogens with one attached hydrogen (secondary N) is 1. The molecule has 150 valence electrons. The van der Waals surface area contributed by atoms with Gasteiger partial charge in [-0.25, -0.2) is 0 Å². The van der Waals surface area contributed by atoms with E-state index in [0.29, 0.717) is 12.6 Å². The quantitative estimate of drug-likeness (QED) is 0.747. The van der Waals surface area contributed by atoms with Crippen LogP contribution in [0.25, 0.3) is 0 Å². The number of likely N-dealkylation sites (N-methyl/N-ethyl adjacent to an activating group) is 1. The fraction of sp³-hybridized carbons (Fsp3) is 0.600. The largest absolute Gasteiger partial charge is 0.497 e. The van der Waals surface area contributed by atoms with Crippen molar-refractivity contribution in [1.82, 2.24) is 10.2 Å². The summed E-state index contributed by atoms with van der Waals surface area (Å²) >= 11 is 1.71. The van der Waals surface area contributed by atoms with Gasteiger partial charge in [0.05, 0.1) is 13.2 Å². The smallest absolute Gasteiger partial charge is 0.243 e. The Labute approximate surface area is 172 Å². The van der Waals surface area contributed by atoms with Gasteiger partial charge in [-0.1, -0.05) is 49.6 Å². The molecule has 1 atom stereocenters. The summed E-state index contributed by atoms with van der Waals surface area (Å²) in [5.41, 5.74) is 1.07. The van der Waals surface area contributed by atoms with Crippen molar-refractivity contribution in [1.29, 1.82) is 0 Å². The molecule has 0 spiro atoms. The number of amides is 1. The zero-order valence-corrected chi connectivity index (χ0v) is 17.8. The van der Waals surface area contributed by atoms with Crippen molar-refractivity contribution in [3.05, 3.63) is 29.8 Å². The van der Waals surface area contributed by atoms with E-state index in [4.69, 9.17) is 9.73 Å². The summed E-state index contributed by atoms with van der Waals surface area (Å²) in [6.45, 7) is 0.535. The van der Waals surface area contributed by atoms with Crippen LogP contribution in [0, 0.1) is 0 Å². The summed E-state index contributed by atoms with van der Waals surface area (Å²) in [5, 5.41) is 4.08. The van der Waals surface area contributed by atoms with Crippen molar-refractivity contribution in [3.8, 4) is 5.75 Å². The van der Waals surface area contributed by atoms with Crippen molar-refractivity contribution in [2.45, 2.75) is 57.2 Å². The summed E-state index contributed by atoms with van der Waals surface area (Å²) in [6.07, 6.45) is 7.60. The van der Waals surface area contributed by atoms with Crippen LogP contribution in [-0.2, 0) is 11.3 Å². The molecule has 1 aromatic carbocycles. The number of ether oxygens (including phenoxy) is 1. The van der Waals surface area contributed by atoms with Crippen LogP contribution < -0.4 is 10.1 Å². The normalized spacial score (nSPS) is 22.2. The second-order valence-corrected chi connectivity index (χ2v) is 8.05. The van der Waals surface area contributed by atoms with E-state index < -0.39 is 0 Å². The first-order chi connectivity index (χ1) is 12.7. The van der Waals surface area contributed by atoms with E-state index in [9.17, 15) is 4.79 Å². The minimum atomic E-state index is -0.136. The molecular formula is C20H30ClN3O2S. The highest BCUT2D eigenvalue weighted by molar-refractivity contribution is 8.14. The molecule has 0 radical (unpaired) electrons. The Kier molecular flexibility index (Phi) is 8.77. The molecule has 3 rings (SSSR count). The summed E-state index contributed by atoms with van der Waals surface area (Å²) in [5.74, 6) is 1.67. The Balaban J connectivity index is 0.00000261. The lowest BCUT2D eigenvalue weighted by atomic mass is 10.1. The second-order valence-electron chi connectivity index (χ2n) is 7.06. The number of amidine groups is 1. The third-order valence-electron chi connectivity index (χ3n) is 5.19. The maximum Gasteiger partial charge on any atom is 0.243 e. The van der Waals surface area contributed by atoms with Crippen molar-refractivity contribution < 1.29 is 9.53 Å². The third-order valence-corrected chi connectivity index (χ3v) is 6.32. The van der Waals surface area contributed by atoms with E-state index in [-0.39, 0.29) is 24.4 Å². The molecule has 1 unspecified atom stereocenters. The highest BCUT2D eigenvalue weighted by Gasteiger charge is 2.33. The van der Waals surface area contributed by atoms with E-state index in [1.54, 1.807) is 18.9 Å². The van der Waals surface area contributed by atoms with Crippen molar-refractivity contribution in [2.75, 3.05) is 19.9 Å². The Morgan fingerprint density at radius 3 is 2.52 bits per heavy atom. The van der Waals surface area contributed by atoms with E-state index >= 15 is 0 Å². The molecule has 2 fully saturated rings. The number of carbonyl (C=O) groups is 1. The molecule has 7 heteroatoms. The summed E-state index contributed by atoms with van der Waals surface area (Å²) in [7, 11) is 3.64. The van der Waals surface area contributed by atoms with Crippen LogP contribution in [0.5, 0.6) is 5.75 Å². The van der Waals surface area contributed by atoms with Crippen LogP contribution >= 0.6 is 24.2 Å². The predicted octanol–water partition coefficient (Wildman–Crippen LogP) is 3.86. The minimum Gasteiger partial charge on any atom is -0.497 e. The molecule has 27 heavy (non-hydrogen) atoms. The Morgan fingerprint density at radius 1 is 1.22 bits per heavy atom. The van der Waals surface area contributed by atoms with Crippen molar-refractivity contribution >= 4 is 35.2 Å². The minimum absolute atomic E-state index is 0. The number of halogens is 1. The molecule has 2 aliphatic rings. The number of hydrogen-bond donors (Lipinski definition) is 1. The Hall–Kier alpha value is -1.40. The van der Waals surface area contributed by atoms with Crippen LogP contribution in [-0.4, -0.2) is 48.0 Å². The topological polar surface area (TPSA) is 53.9 Å². The van der Waals surface area contributed by atoms with Gasteiger partial charge >= 0.3 is 0 Å². The first-order valence-electron chi connectivity index (χ1n) is 9.51. The van der Waals surface area contributed by atoms with Gasteiger partial charge in [-0.05, 0) is 30.5 Å². The third kappa shape index (κ3) is 6.04. The van der Waals surface area contributed by atoms with Crippen LogP contribution in [0.3, 0.4) is 0 Å². The van der Waals surface area contributed by atoms with Gasteiger partial charge in [0.25, 0.3) is 0 Å². The number of rotatable bonds is 5. The molecule has 1 N–H and O–H groups in total. The van der Waals surface area contributed by atoms with E-state index in [1.165, 1.54) is 38.5 Å². The Bertz CT molecular complexity index is 631. The zero-order chi connectivity index (χ0) is 18.4. The summed E-state index contributed by atoms with van der Waals surface area (Å²) < 4.78 is 5.16. The maximum atomic E-state index is 12.6. The average molecular weight is 412 g/mol. The molecule has 0 bridgehead atoms. The predicted molar refractivity (Wildman–Crippen MR) is 115 cm³/mol. The van der Waals surface area contributed by atoms with Gasteiger partial charge in [-0.15, -0.1) is 12.4 Å². The fourth-order valence-corrected chi connectivity index (χ4v) is 4.71. The van der Waals surface area contributed by atoms with E-state index in [0.717, 1.165) is 22.2 Å². The van der Waals surface area contributed by atoms with E-state index in [2.05, 4.69) is 10.2 Å². The number of aliphatic imine (C=N–C) groups is 1. The van der Waals surface area contributed by atoms with Crippen LogP contribution in [0.1, 0.15) is 44.1 Å². The van der Waals surface area contributed by atoms with Gasteiger partial charge in [-0.3, -0.25) is 9.79 Å². The number of hydrogen-bond acceptors (Lipinski definition) is 4. The van der Waals surface area contributed by atoms with Crippen molar-refractivity contribution in [2.24, 2.45) is 4.99 Å². The lowest BCUT2D eigenvalue weighted by Gasteiger charge is -2.21. The van der Waals surface area contributed by atoms with Gasteiger partial charge in [0.1, 0.15) is 11.8 Å². The van der Waals surface area contributed by atoms with E-state index in [1.807, 2.05) is 31.3 Å². The summed E-state index contributed by atoms with van der Waals surface area (Å²) in [4.78, 5) is 19.6. The number of thioether (sulfide) groups is 1. The first kappa shape index (κ1) is 21.9. The molecule has 1 aromatic rings. The first-order valence-corrected chi connectivity index (χ1v) is 10.5. The van der Waals surface area contributed by atoms with Gasteiger partial charge in [0.15, 0.2) is 5.17 Å². The zero-order valence-electron chi connectivity index (χ0n) is 16.1. The molecule has 1 heterocycles. The number of carbonyl (C=O) groups excluding carboxylic acids is 1. The van der Waals surface area contributed by atoms with Gasteiger partial charge < -0.3 is 15.0 Å². The lowest BCUT2D eigenvalue weighted by molar-refractivity contribution is -0.124.